The molecule has 4 rings (SSSR count). The van der Waals surface area contributed by atoms with Crippen LogP contribution in [0.2, 0.25) is 0 Å². The van der Waals surface area contributed by atoms with E-state index in [0.717, 1.165) is 21.7 Å². The van der Waals surface area contributed by atoms with Gasteiger partial charge in [-0.05, 0) is 36.1 Å². The predicted molar refractivity (Wildman–Crippen MR) is 143 cm³/mol. The van der Waals surface area contributed by atoms with E-state index in [1.165, 1.54) is 0 Å². The topological polar surface area (TPSA) is 138 Å². The zero-order valence-electron chi connectivity index (χ0n) is 22.6. The van der Waals surface area contributed by atoms with Crippen LogP contribution >= 0.6 is 0 Å². The monoisotopic (exact) mass is 532 g/mol. The van der Waals surface area contributed by atoms with Crippen molar-refractivity contribution in [3.05, 3.63) is 77.0 Å². The fourth-order valence-electron chi connectivity index (χ4n) is 4.31. The zero-order chi connectivity index (χ0) is 28.3. The van der Waals surface area contributed by atoms with Gasteiger partial charge in [0.1, 0.15) is 12.6 Å². The van der Waals surface area contributed by atoms with Crippen molar-refractivity contribution in [3.63, 3.8) is 0 Å². The Morgan fingerprint density at radius 3 is 2.46 bits per heavy atom. The molecule has 11 nitrogen and oxygen atoms in total. The number of imide groups is 1. The number of nitrogens with one attached hydrogen (secondary N) is 2. The number of carbonyl (C=O) groups excluding carboxylic acids is 4. The summed E-state index contributed by atoms with van der Waals surface area (Å²) in [6.07, 6.45) is 0.367. The number of amides is 4. The Morgan fingerprint density at radius 2 is 1.82 bits per heavy atom. The molecule has 1 saturated heterocycles. The SMILES string of the molecule is Cc1cccc(Cc2nnc(C(=O)[C@@H](NC(=O)CN3C(=O)NC(c4ccc(N(C)C)cc4)C3=O)C(C)C)o2)c1. The van der Waals surface area contributed by atoms with E-state index < -0.39 is 42.3 Å². The molecular formula is C28H32N6O5. The predicted octanol–water partition coefficient (Wildman–Crippen LogP) is 2.65. The van der Waals surface area contributed by atoms with Gasteiger partial charge in [-0.1, -0.05) is 55.8 Å². The molecule has 0 spiro atoms. The number of carbonyl (C=O) groups is 4. The zero-order valence-corrected chi connectivity index (χ0v) is 22.6. The lowest BCUT2D eigenvalue weighted by molar-refractivity contribution is -0.132. The van der Waals surface area contributed by atoms with Crippen molar-refractivity contribution >= 4 is 29.3 Å². The van der Waals surface area contributed by atoms with Gasteiger partial charge in [-0.2, -0.15) is 0 Å². The molecule has 2 aromatic carbocycles. The Kier molecular flexibility index (Phi) is 8.08. The van der Waals surface area contributed by atoms with Crippen molar-refractivity contribution in [3.8, 4) is 0 Å². The number of benzene rings is 2. The van der Waals surface area contributed by atoms with Gasteiger partial charge in [0.05, 0.1) is 12.5 Å². The van der Waals surface area contributed by atoms with Gasteiger partial charge in [-0.3, -0.25) is 19.3 Å². The van der Waals surface area contributed by atoms with E-state index in [2.05, 4.69) is 20.8 Å². The molecular weight excluding hydrogens is 500 g/mol. The van der Waals surface area contributed by atoms with Crippen LogP contribution in [-0.2, 0) is 16.0 Å². The second-order valence-corrected chi connectivity index (χ2v) is 10.1. The summed E-state index contributed by atoms with van der Waals surface area (Å²) < 4.78 is 5.60. The maximum Gasteiger partial charge on any atom is 0.325 e. The first-order valence-electron chi connectivity index (χ1n) is 12.6. The molecule has 4 amide bonds. The van der Waals surface area contributed by atoms with Crippen molar-refractivity contribution in [2.24, 2.45) is 5.92 Å². The fraction of sp³-hybridized carbons (Fsp3) is 0.357. The van der Waals surface area contributed by atoms with Crippen LogP contribution < -0.4 is 15.5 Å². The maximum atomic E-state index is 13.1. The van der Waals surface area contributed by atoms with Crippen LogP contribution in [0.4, 0.5) is 10.5 Å². The van der Waals surface area contributed by atoms with Crippen molar-refractivity contribution in [1.82, 2.24) is 25.7 Å². The third-order valence-corrected chi connectivity index (χ3v) is 6.45. The molecule has 0 radical (unpaired) electrons. The maximum absolute atomic E-state index is 13.1. The van der Waals surface area contributed by atoms with Crippen LogP contribution in [-0.4, -0.2) is 65.4 Å². The number of hydrogen-bond donors (Lipinski definition) is 2. The first kappa shape index (κ1) is 27.5. The molecule has 1 aromatic heterocycles. The van der Waals surface area contributed by atoms with Crippen molar-refractivity contribution in [2.45, 2.75) is 39.3 Å². The minimum absolute atomic E-state index is 0.215. The van der Waals surface area contributed by atoms with Gasteiger partial charge in [0.25, 0.3) is 11.8 Å². The fourth-order valence-corrected chi connectivity index (χ4v) is 4.31. The van der Waals surface area contributed by atoms with Gasteiger partial charge in [-0.15, -0.1) is 10.2 Å². The summed E-state index contributed by atoms with van der Waals surface area (Å²) in [6.45, 7) is 4.96. The number of ketones is 1. The highest BCUT2D eigenvalue weighted by molar-refractivity contribution is 6.07. The molecule has 2 atom stereocenters. The first-order valence-corrected chi connectivity index (χ1v) is 12.6. The van der Waals surface area contributed by atoms with E-state index in [0.29, 0.717) is 12.0 Å². The Hall–Kier alpha value is -4.54. The Morgan fingerprint density at radius 1 is 1.10 bits per heavy atom. The molecule has 1 aliphatic heterocycles. The van der Waals surface area contributed by atoms with E-state index in [1.54, 1.807) is 26.0 Å². The minimum atomic E-state index is -0.986. The molecule has 0 bridgehead atoms. The van der Waals surface area contributed by atoms with Gasteiger partial charge in [-0.25, -0.2) is 4.79 Å². The summed E-state index contributed by atoms with van der Waals surface area (Å²) >= 11 is 0. The lowest BCUT2D eigenvalue weighted by Gasteiger charge is -2.21. The lowest BCUT2D eigenvalue weighted by atomic mass is 9.99. The number of hydrogen-bond acceptors (Lipinski definition) is 8. The van der Waals surface area contributed by atoms with E-state index in [1.807, 2.05) is 62.3 Å². The number of anilines is 1. The van der Waals surface area contributed by atoms with Crippen LogP contribution in [0.3, 0.4) is 0 Å². The van der Waals surface area contributed by atoms with Crippen LogP contribution in [0.5, 0.6) is 0 Å². The lowest BCUT2D eigenvalue weighted by Crippen LogP contribution is -2.49. The third kappa shape index (κ3) is 6.31. The van der Waals surface area contributed by atoms with E-state index in [4.69, 9.17) is 4.42 Å². The first-order chi connectivity index (χ1) is 18.5. The number of aromatic nitrogens is 2. The molecule has 0 saturated carbocycles. The van der Waals surface area contributed by atoms with Crippen molar-refractivity contribution in [1.29, 1.82) is 0 Å². The van der Waals surface area contributed by atoms with Crippen LogP contribution in [0.15, 0.2) is 52.9 Å². The number of rotatable bonds is 10. The average Bonchev–Trinajstić information content (AvgIpc) is 3.46. The minimum Gasteiger partial charge on any atom is -0.418 e. The molecule has 204 valence electrons. The smallest absolute Gasteiger partial charge is 0.325 e. The highest BCUT2D eigenvalue weighted by atomic mass is 16.4. The average molecular weight is 533 g/mol. The van der Waals surface area contributed by atoms with Gasteiger partial charge in [0.15, 0.2) is 0 Å². The number of urea groups is 1. The quantitative estimate of drug-likeness (QED) is 0.300. The van der Waals surface area contributed by atoms with Gasteiger partial charge < -0.3 is 20.0 Å². The molecule has 1 fully saturated rings. The summed E-state index contributed by atoms with van der Waals surface area (Å²) in [5, 5.41) is 13.1. The normalized spacial score (nSPS) is 15.8. The molecule has 0 aliphatic carbocycles. The largest absolute Gasteiger partial charge is 0.418 e. The molecule has 2 heterocycles. The van der Waals surface area contributed by atoms with E-state index >= 15 is 0 Å². The Balaban J connectivity index is 1.40. The standard InChI is InChI=1S/C28H32N6O5/c1-16(2)23(25(36)26-32-31-22(39-26)14-18-8-6-7-17(3)13-18)29-21(35)15-34-27(37)24(30-28(34)38)19-9-11-20(12-10-19)33(4)5/h6-13,16,23-24H,14-15H2,1-5H3,(H,29,35)(H,30,38)/t23-,24?/m0/s1. The summed E-state index contributed by atoms with van der Waals surface area (Å²) in [7, 11) is 3.80. The van der Waals surface area contributed by atoms with E-state index in [-0.39, 0.29) is 17.7 Å². The Bertz CT molecular complexity index is 1380. The van der Waals surface area contributed by atoms with Crippen molar-refractivity contribution < 1.29 is 23.6 Å². The molecule has 3 aromatic rings. The number of aryl methyl sites for hydroxylation is 1. The number of nitrogens with zero attached hydrogens (tertiary/aromatic N) is 4. The van der Waals surface area contributed by atoms with Crippen LogP contribution in [0.25, 0.3) is 0 Å². The van der Waals surface area contributed by atoms with E-state index in [9.17, 15) is 19.2 Å². The third-order valence-electron chi connectivity index (χ3n) is 6.45. The number of Topliss-reactive ketones (excluding diaryl/α,β-unsaturated/α-hetero) is 1. The highest BCUT2D eigenvalue weighted by Gasteiger charge is 2.40. The molecule has 11 heteroatoms. The Labute approximate surface area is 226 Å². The van der Waals surface area contributed by atoms with Gasteiger partial charge in [0.2, 0.25) is 17.6 Å². The summed E-state index contributed by atoms with van der Waals surface area (Å²) in [5.41, 5.74) is 3.60. The van der Waals surface area contributed by atoms with Gasteiger partial charge in [0, 0.05) is 19.8 Å². The molecule has 1 aliphatic rings. The second-order valence-electron chi connectivity index (χ2n) is 10.1. The summed E-state index contributed by atoms with van der Waals surface area (Å²) in [6, 6.07) is 12.4. The van der Waals surface area contributed by atoms with Crippen LogP contribution in [0, 0.1) is 12.8 Å². The van der Waals surface area contributed by atoms with Gasteiger partial charge >= 0.3 is 6.03 Å². The summed E-state index contributed by atoms with van der Waals surface area (Å²) in [4.78, 5) is 54.3. The molecule has 2 N–H and O–H groups in total. The van der Waals surface area contributed by atoms with Crippen LogP contribution in [0.1, 0.15) is 53.2 Å². The summed E-state index contributed by atoms with van der Waals surface area (Å²) in [5.74, 6) is -2.00. The second kappa shape index (κ2) is 11.5. The highest BCUT2D eigenvalue weighted by Crippen LogP contribution is 2.24. The molecule has 39 heavy (non-hydrogen) atoms. The molecule has 1 unspecified atom stereocenters. The van der Waals surface area contributed by atoms with Crippen molar-refractivity contribution in [2.75, 3.05) is 25.5 Å².